The zero-order valence-electron chi connectivity index (χ0n) is 10.8. The third-order valence-electron chi connectivity index (χ3n) is 3.57. The molecule has 5 nitrogen and oxygen atoms in total. The van der Waals surface area contributed by atoms with E-state index in [9.17, 15) is 0 Å². The third-order valence-corrected chi connectivity index (χ3v) is 3.57. The van der Waals surface area contributed by atoms with Gasteiger partial charge in [-0.25, -0.2) is 0 Å². The Labute approximate surface area is 104 Å². The summed E-state index contributed by atoms with van der Waals surface area (Å²) in [5, 5.41) is 0. The first-order valence-electron chi connectivity index (χ1n) is 6.57. The van der Waals surface area contributed by atoms with Gasteiger partial charge in [0.05, 0.1) is 13.2 Å². The minimum Gasteiger partial charge on any atom is -0.378 e. The molecule has 5 heteroatoms. The number of guanidine groups is 1. The van der Waals surface area contributed by atoms with E-state index >= 15 is 0 Å². The van der Waals surface area contributed by atoms with Crippen LogP contribution in [0.4, 0.5) is 0 Å². The molecule has 17 heavy (non-hydrogen) atoms. The second kappa shape index (κ2) is 6.21. The molecule has 0 amide bonds. The van der Waals surface area contributed by atoms with Crippen molar-refractivity contribution in [3.8, 4) is 0 Å². The number of aliphatic imine (C=N–C) groups is 1. The van der Waals surface area contributed by atoms with Crippen LogP contribution >= 0.6 is 0 Å². The molecule has 2 heterocycles. The molecule has 2 rings (SSSR count). The molecule has 2 saturated heterocycles. The Morgan fingerprint density at radius 2 is 2.12 bits per heavy atom. The lowest BCUT2D eigenvalue weighted by atomic mass is 9.99. The van der Waals surface area contributed by atoms with Gasteiger partial charge in [-0.2, -0.15) is 0 Å². The molecule has 2 N–H and O–H groups in total. The summed E-state index contributed by atoms with van der Waals surface area (Å²) in [5.41, 5.74) is 6.01. The van der Waals surface area contributed by atoms with Gasteiger partial charge in [-0.1, -0.05) is 0 Å². The van der Waals surface area contributed by atoms with Gasteiger partial charge in [0.15, 0.2) is 5.96 Å². The highest BCUT2D eigenvalue weighted by atomic mass is 16.5. The van der Waals surface area contributed by atoms with Crippen LogP contribution in [-0.4, -0.2) is 68.7 Å². The molecule has 1 atom stereocenters. The van der Waals surface area contributed by atoms with E-state index in [1.807, 2.05) is 0 Å². The number of likely N-dealkylation sites (tertiary alicyclic amines) is 1. The number of nitrogens with zero attached hydrogens (tertiary/aromatic N) is 3. The second-order valence-corrected chi connectivity index (χ2v) is 5.07. The van der Waals surface area contributed by atoms with Gasteiger partial charge in [0.1, 0.15) is 0 Å². The van der Waals surface area contributed by atoms with Crippen LogP contribution < -0.4 is 5.73 Å². The number of hydrogen-bond acceptors (Lipinski definition) is 3. The van der Waals surface area contributed by atoms with Gasteiger partial charge in [0.2, 0.25) is 0 Å². The molecule has 0 aromatic rings. The lowest BCUT2D eigenvalue weighted by molar-refractivity contribution is 0.0673. The van der Waals surface area contributed by atoms with Crippen molar-refractivity contribution in [2.75, 3.05) is 53.0 Å². The molecule has 0 spiro atoms. The molecule has 2 aliphatic rings. The number of hydrogen-bond donors (Lipinski definition) is 1. The summed E-state index contributed by atoms with van der Waals surface area (Å²) in [4.78, 5) is 9.05. The number of piperidine rings is 1. The first-order chi connectivity index (χ1) is 8.25. The van der Waals surface area contributed by atoms with Crippen LogP contribution in [-0.2, 0) is 4.74 Å². The maximum absolute atomic E-state index is 6.01. The van der Waals surface area contributed by atoms with Crippen molar-refractivity contribution in [2.24, 2.45) is 16.6 Å². The number of rotatable bonds is 2. The molecule has 2 fully saturated rings. The number of ether oxygens (including phenoxy) is 1. The quantitative estimate of drug-likeness (QED) is 0.544. The normalized spacial score (nSPS) is 28.4. The van der Waals surface area contributed by atoms with Crippen LogP contribution in [0.25, 0.3) is 0 Å². The first-order valence-corrected chi connectivity index (χ1v) is 6.57. The van der Waals surface area contributed by atoms with E-state index in [2.05, 4.69) is 21.8 Å². The van der Waals surface area contributed by atoms with Crippen LogP contribution in [0.15, 0.2) is 4.99 Å². The molecule has 2 aliphatic heterocycles. The zero-order chi connectivity index (χ0) is 12.1. The van der Waals surface area contributed by atoms with Crippen molar-refractivity contribution in [1.82, 2.24) is 9.80 Å². The van der Waals surface area contributed by atoms with Crippen LogP contribution in [0.1, 0.15) is 12.8 Å². The second-order valence-electron chi connectivity index (χ2n) is 5.07. The van der Waals surface area contributed by atoms with Crippen molar-refractivity contribution < 1.29 is 4.74 Å². The highest BCUT2D eigenvalue weighted by molar-refractivity contribution is 5.78. The average molecular weight is 240 g/mol. The SMILES string of the molecule is CN1CCCC(CN=C(N)N2CCOCC2)C1. The van der Waals surface area contributed by atoms with Crippen LogP contribution in [0.3, 0.4) is 0 Å². The van der Waals surface area contributed by atoms with Gasteiger partial charge in [0, 0.05) is 26.2 Å². The molecular weight excluding hydrogens is 216 g/mol. The van der Waals surface area contributed by atoms with Crippen LogP contribution in [0, 0.1) is 5.92 Å². The maximum atomic E-state index is 6.01. The van der Waals surface area contributed by atoms with E-state index in [0.717, 1.165) is 39.4 Å². The Kier molecular flexibility index (Phi) is 4.62. The molecule has 0 saturated carbocycles. The molecule has 0 aromatic carbocycles. The molecule has 1 unspecified atom stereocenters. The Hall–Kier alpha value is -0.810. The molecule has 98 valence electrons. The minimum absolute atomic E-state index is 0.674. The zero-order valence-corrected chi connectivity index (χ0v) is 10.8. The van der Waals surface area contributed by atoms with Crippen molar-refractivity contribution in [3.63, 3.8) is 0 Å². The highest BCUT2D eigenvalue weighted by Crippen LogP contribution is 2.15. The lowest BCUT2D eigenvalue weighted by Gasteiger charge is -2.30. The summed E-state index contributed by atoms with van der Waals surface area (Å²) in [6.45, 7) is 6.52. The predicted octanol–water partition coefficient (Wildman–Crippen LogP) is -0.0249. The maximum Gasteiger partial charge on any atom is 0.191 e. The fourth-order valence-electron chi connectivity index (χ4n) is 2.54. The van der Waals surface area contributed by atoms with Crippen molar-refractivity contribution >= 4 is 5.96 Å². The first kappa shape index (κ1) is 12.6. The summed E-state index contributed by atoms with van der Waals surface area (Å²) >= 11 is 0. The number of morpholine rings is 1. The molecule has 0 aromatic heterocycles. The number of nitrogens with two attached hydrogens (primary N) is 1. The van der Waals surface area contributed by atoms with E-state index in [0.29, 0.717) is 11.9 Å². The van der Waals surface area contributed by atoms with Gasteiger partial charge in [-0.05, 0) is 32.4 Å². The van der Waals surface area contributed by atoms with Gasteiger partial charge in [-0.3, -0.25) is 4.99 Å². The fourth-order valence-corrected chi connectivity index (χ4v) is 2.54. The third kappa shape index (κ3) is 3.85. The monoisotopic (exact) mass is 240 g/mol. The Morgan fingerprint density at radius 3 is 2.82 bits per heavy atom. The van der Waals surface area contributed by atoms with E-state index in [-0.39, 0.29) is 0 Å². The van der Waals surface area contributed by atoms with Gasteiger partial charge in [0.25, 0.3) is 0 Å². The summed E-state index contributed by atoms with van der Waals surface area (Å²) in [5.74, 6) is 1.37. The van der Waals surface area contributed by atoms with Crippen LogP contribution in [0.2, 0.25) is 0 Å². The van der Waals surface area contributed by atoms with Crippen molar-refractivity contribution in [1.29, 1.82) is 0 Å². The largest absolute Gasteiger partial charge is 0.378 e. The Morgan fingerprint density at radius 1 is 1.35 bits per heavy atom. The average Bonchev–Trinajstić information content (AvgIpc) is 2.37. The Bertz CT molecular complexity index is 263. The molecule has 0 aliphatic carbocycles. The molecule has 0 radical (unpaired) electrons. The fraction of sp³-hybridized carbons (Fsp3) is 0.917. The lowest BCUT2D eigenvalue weighted by Crippen LogP contribution is -2.45. The van der Waals surface area contributed by atoms with Crippen LogP contribution in [0.5, 0.6) is 0 Å². The summed E-state index contributed by atoms with van der Waals surface area (Å²) in [6, 6.07) is 0. The van der Waals surface area contributed by atoms with Gasteiger partial charge in [-0.15, -0.1) is 0 Å². The standard InChI is InChI=1S/C12H24N4O/c1-15-4-2-3-11(10-15)9-14-12(13)16-5-7-17-8-6-16/h11H,2-10H2,1H3,(H2,13,14). The molecular formula is C12H24N4O. The highest BCUT2D eigenvalue weighted by Gasteiger charge is 2.17. The van der Waals surface area contributed by atoms with Gasteiger partial charge >= 0.3 is 0 Å². The summed E-state index contributed by atoms with van der Waals surface area (Å²) in [7, 11) is 2.18. The Balaban J connectivity index is 1.78. The van der Waals surface area contributed by atoms with Crippen molar-refractivity contribution in [2.45, 2.75) is 12.8 Å². The molecule has 0 bridgehead atoms. The minimum atomic E-state index is 0.674. The van der Waals surface area contributed by atoms with Crippen molar-refractivity contribution in [3.05, 3.63) is 0 Å². The summed E-state index contributed by atoms with van der Waals surface area (Å²) in [6.07, 6.45) is 2.57. The van der Waals surface area contributed by atoms with Gasteiger partial charge < -0.3 is 20.3 Å². The van der Waals surface area contributed by atoms with E-state index in [4.69, 9.17) is 10.5 Å². The summed E-state index contributed by atoms with van der Waals surface area (Å²) < 4.78 is 5.30. The van der Waals surface area contributed by atoms with E-state index in [1.54, 1.807) is 0 Å². The smallest absolute Gasteiger partial charge is 0.191 e. The predicted molar refractivity (Wildman–Crippen MR) is 69.1 cm³/mol. The topological polar surface area (TPSA) is 54.1 Å². The van der Waals surface area contributed by atoms with E-state index in [1.165, 1.54) is 19.4 Å². The van der Waals surface area contributed by atoms with E-state index < -0.39 is 0 Å².